The lowest BCUT2D eigenvalue weighted by atomic mass is 10.2. The van der Waals surface area contributed by atoms with Gasteiger partial charge in [0, 0.05) is 39.0 Å². The van der Waals surface area contributed by atoms with Crippen molar-refractivity contribution in [3.05, 3.63) is 11.9 Å². The zero-order valence-electron chi connectivity index (χ0n) is 11.8. The van der Waals surface area contributed by atoms with Crippen molar-refractivity contribution in [3.8, 4) is 0 Å². The normalized spacial score (nSPS) is 23.6. The van der Waals surface area contributed by atoms with Gasteiger partial charge in [-0.1, -0.05) is 0 Å². The first-order chi connectivity index (χ1) is 8.61. The molecule has 0 spiro atoms. The lowest BCUT2D eigenvalue weighted by Gasteiger charge is -2.15. The first-order valence-corrected chi connectivity index (χ1v) is 7.84. The molecule has 1 N–H and O–H groups in total. The predicted molar refractivity (Wildman–Crippen MR) is 79.3 cm³/mol. The number of rotatable bonds is 5. The fourth-order valence-corrected chi connectivity index (χ4v) is 3.40. The molecule has 5 heteroatoms. The van der Waals surface area contributed by atoms with Crippen molar-refractivity contribution in [3.63, 3.8) is 0 Å². The second kappa shape index (κ2) is 5.97. The van der Waals surface area contributed by atoms with Crippen molar-refractivity contribution >= 4 is 17.7 Å². The summed E-state index contributed by atoms with van der Waals surface area (Å²) < 4.78 is 2.16. The van der Waals surface area contributed by atoms with Crippen LogP contribution in [0.4, 0.5) is 5.95 Å². The quantitative estimate of drug-likeness (QED) is 0.883. The zero-order chi connectivity index (χ0) is 13.1. The van der Waals surface area contributed by atoms with Crippen LogP contribution in [0.25, 0.3) is 0 Å². The topological polar surface area (TPSA) is 33.1 Å². The van der Waals surface area contributed by atoms with Gasteiger partial charge in [0.15, 0.2) is 0 Å². The highest BCUT2D eigenvalue weighted by atomic mass is 32.2. The van der Waals surface area contributed by atoms with Gasteiger partial charge in [0.05, 0.1) is 11.9 Å². The summed E-state index contributed by atoms with van der Waals surface area (Å²) in [5.41, 5.74) is 1.26. The van der Waals surface area contributed by atoms with E-state index in [1.807, 2.05) is 37.0 Å². The molecule has 1 saturated carbocycles. The van der Waals surface area contributed by atoms with Crippen molar-refractivity contribution in [2.75, 3.05) is 25.3 Å². The lowest BCUT2D eigenvalue weighted by molar-refractivity contribution is 0.514. The summed E-state index contributed by atoms with van der Waals surface area (Å²) >= 11 is 2.00. The highest BCUT2D eigenvalue weighted by Gasteiger charge is 2.23. The van der Waals surface area contributed by atoms with Gasteiger partial charge in [0.2, 0.25) is 5.95 Å². The molecule has 0 radical (unpaired) electrons. The van der Waals surface area contributed by atoms with Gasteiger partial charge in [-0.25, -0.2) is 4.98 Å². The van der Waals surface area contributed by atoms with Gasteiger partial charge in [0.25, 0.3) is 0 Å². The monoisotopic (exact) mass is 268 g/mol. The van der Waals surface area contributed by atoms with Crippen LogP contribution in [0.15, 0.2) is 6.20 Å². The average Bonchev–Trinajstić information content (AvgIpc) is 2.93. The molecule has 1 fully saturated rings. The summed E-state index contributed by atoms with van der Waals surface area (Å²) in [6.07, 6.45) is 8.16. The Kier molecular flexibility index (Phi) is 4.56. The standard InChI is InChI=1S/C13H24N4S/c1-16(2)13-15-9-11(17(13)3)8-14-10-5-6-12(7-10)18-4/h9-10,12,14H,5-8H2,1-4H3. The molecule has 0 aromatic carbocycles. The Hall–Kier alpha value is -0.680. The fraction of sp³-hybridized carbons (Fsp3) is 0.769. The van der Waals surface area contributed by atoms with Crippen LogP contribution in [0.3, 0.4) is 0 Å². The van der Waals surface area contributed by atoms with Crippen LogP contribution in [0.1, 0.15) is 25.0 Å². The number of aromatic nitrogens is 2. The van der Waals surface area contributed by atoms with Gasteiger partial charge in [-0.2, -0.15) is 11.8 Å². The number of hydrogen-bond donors (Lipinski definition) is 1. The van der Waals surface area contributed by atoms with E-state index < -0.39 is 0 Å². The number of imidazole rings is 1. The molecule has 2 rings (SSSR count). The number of nitrogens with one attached hydrogen (secondary N) is 1. The smallest absolute Gasteiger partial charge is 0.204 e. The molecule has 4 nitrogen and oxygen atoms in total. The number of thioether (sulfide) groups is 1. The Labute approximate surface area is 114 Å². The minimum atomic E-state index is 0.681. The molecule has 0 bridgehead atoms. The molecule has 2 unspecified atom stereocenters. The maximum absolute atomic E-state index is 4.44. The molecule has 1 aliphatic rings. The first kappa shape index (κ1) is 13.7. The second-order valence-corrected chi connectivity index (χ2v) is 6.39. The molecule has 2 atom stereocenters. The molecule has 0 aliphatic heterocycles. The molecule has 1 heterocycles. The summed E-state index contributed by atoms with van der Waals surface area (Å²) in [4.78, 5) is 6.48. The van der Waals surface area contributed by atoms with E-state index in [2.05, 4.69) is 28.2 Å². The number of anilines is 1. The largest absolute Gasteiger partial charge is 0.348 e. The average molecular weight is 268 g/mol. The van der Waals surface area contributed by atoms with Gasteiger partial charge in [0.1, 0.15) is 0 Å². The van der Waals surface area contributed by atoms with Gasteiger partial charge in [-0.05, 0) is 25.5 Å². The maximum atomic E-state index is 4.44. The van der Waals surface area contributed by atoms with Crippen LogP contribution in [0.5, 0.6) is 0 Å². The molecule has 0 amide bonds. The van der Waals surface area contributed by atoms with E-state index in [1.54, 1.807) is 0 Å². The minimum absolute atomic E-state index is 0.681. The van der Waals surface area contributed by atoms with E-state index in [0.29, 0.717) is 6.04 Å². The molecule has 0 saturated heterocycles. The molecule has 1 aliphatic carbocycles. The Morgan fingerprint density at radius 3 is 2.83 bits per heavy atom. The first-order valence-electron chi connectivity index (χ1n) is 6.56. The van der Waals surface area contributed by atoms with Crippen LogP contribution in [0, 0.1) is 0 Å². The van der Waals surface area contributed by atoms with Crippen LogP contribution in [0.2, 0.25) is 0 Å². The maximum Gasteiger partial charge on any atom is 0.204 e. The predicted octanol–water partition coefficient (Wildman–Crippen LogP) is 1.86. The Morgan fingerprint density at radius 1 is 1.50 bits per heavy atom. The summed E-state index contributed by atoms with van der Waals surface area (Å²) in [6.45, 7) is 0.920. The van der Waals surface area contributed by atoms with Gasteiger partial charge >= 0.3 is 0 Å². The van der Waals surface area contributed by atoms with Crippen molar-refractivity contribution < 1.29 is 0 Å². The highest BCUT2D eigenvalue weighted by Crippen LogP contribution is 2.28. The number of nitrogens with zero attached hydrogens (tertiary/aromatic N) is 3. The molecule has 1 aromatic rings. The molecular weight excluding hydrogens is 244 g/mol. The van der Waals surface area contributed by atoms with E-state index in [-0.39, 0.29) is 0 Å². The van der Waals surface area contributed by atoms with E-state index >= 15 is 0 Å². The van der Waals surface area contributed by atoms with Crippen LogP contribution < -0.4 is 10.2 Å². The van der Waals surface area contributed by atoms with Crippen LogP contribution >= 0.6 is 11.8 Å². The summed E-state index contributed by atoms with van der Waals surface area (Å²) in [5, 5.41) is 4.52. The van der Waals surface area contributed by atoms with Gasteiger partial charge < -0.3 is 14.8 Å². The van der Waals surface area contributed by atoms with E-state index in [9.17, 15) is 0 Å². The summed E-state index contributed by atoms with van der Waals surface area (Å²) in [5.74, 6) is 1.01. The third-order valence-electron chi connectivity index (χ3n) is 3.75. The Balaban J connectivity index is 1.87. The lowest BCUT2D eigenvalue weighted by Crippen LogP contribution is -2.27. The van der Waals surface area contributed by atoms with E-state index in [1.165, 1.54) is 25.0 Å². The Morgan fingerprint density at radius 2 is 2.28 bits per heavy atom. The van der Waals surface area contributed by atoms with Gasteiger partial charge in [-0.15, -0.1) is 0 Å². The molecule has 102 valence electrons. The minimum Gasteiger partial charge on any atom is -0.348 e. The van der Waals surface area contributed by atoms with Crippen LogP contribution in [-0.2, 0) is 13.6 Å². The summed E-state index contributed by atoms with van der Waals surface area (Å²) in [6, 6.07) is 0.681. The second-order valence-electron chi connectivity index (χ2n) is 5.25. The van der Waals surface area contributed by atoms with Crippen molar-refractivity contribution in [1.29, 1.82) is 0 Å². The highest BCUT2D eigenvalue weighted by molar-refractivity contribution is 7.99. The third kappa shape index (κ3) is 3.01. The van der Waals surface area contributed by atoms with E-state index in [0.717, 1.165) is 17.7 Å². The third-order valence-corrected chi connectivity index (χ3v) is 4.84. The molecule has 18 heavy (non-hydrogen) atoms. The zero-order valence-corrected chi connectivity index (χ0v) is 12.6. The summed E-state index contributed by atoms with van der Waals surface area (Å²) in [7, 11) is 6.14. The fourth-order valence-electron chi connectivity index (χ4n) is 2.60. The Bertz CT molecular complexity index is 388. The van der Waals surface area contributed by atoms with Crippen LogP contribution in [-0.4, -0.2) is 41.2 Å². The van der Waals surface area contributed by atoms with E-state index in [4.69, 9.17) is 0 Å². The van der Waals surface area contributed by atoms with Crippen molar-refractivity contribution in [1.82, 2.24) is 14.9 Å². The van der Waals surface area contributed by atoms with Crippen molar-refractivity contribution in [2.24, 2.45) is 7.05 Å². The van der Waals surface area contributed by atoms with Crippen molar-refractivity contribution in [2.45, 2.75) is 37.1 Å². The SMILES string of the molecule is CSC1CCC(NCc2cnc(N(C)C)n2C)C1. The molecular formula is C13H24N4S. The van der Waals surface area contributed by atoms with Gasteiger partial charge in [-0.3, -0.25) is 0 Å². The molecule has 1 aromatic heterocycles. The number of hydrogen-bond acceptors (Lipinski definition) is 4.